The lowest BCUT2D eigenvalue weighted by molar-refractivity contribution is -0.138. The number of halogens is 1. The van der Waals surface area contributed by atoms with Gasteiger partial charge < -0.3 is 15.3 Å². The van der Waals surface area contributed by atoms with Gasteiger partial charge in [-0.2, -0.15) is 0 Å². The quantitative estimate of drug-likeness (QED) is 0.826. The van der Waals surface area contributed by atoms with Crippen molar-refractivity contribution in [2.24, 2.45) is 0 Å². The second kappa shape index (κ2) is 5.14. The number of carboxylic acid groups (broad SMARTS) is 1. The van der Waals surface area contributed by atoms with E-state index < -0.39 is 5.97 Å². The molecule has 2 N–H and O–H groups in total. The predicted octanol–water partition coefficient (Wildman–Crippen LogP) is 0.605. The molecule has 1 heterocycles. The van der Waals surface area contributed by atoms with E-state index in [1.54, 1.807) is 0 Å². The minimum Gasteiger partial charge on any atom is -0.481 e. The molecule has 2 rings (SSSR count). The SMILES string of the molecule is O=C(O)CC1CN(c2ccc(F)cc2)C(=O)CN1. The van der Waals surface area contributed by atoms with Crippen LogP contribution in [0.15, 0.2) is 24.3 Å². The van der Waals surface area contributed by atoms with E-state index >= 15 is 0 Å². The Balaban J connectivity index is 2.12. The highest BCUT2D eigenvalue weighted by Crippen LogP contribution is 2.18. The first-order chi connectivity index (χ1) is 8.56. The van der Waals surface area contributed by atoms with Gasteiger partial charge in [-0.15, -0.1) is 0 Å². The van der Waals surface area contributed by atoms with Gasteiger partial charge in [-0.25, -0.2) is 4.39 Å². The fraction of sp³-hybridized carbons (Fsp3) is 0.333. The third-order valence-electron chi connectivity index (χ3n) is 2.81. The zero-order chi connectivity index (χ0) is 13.1. The molecule has 0 spiro atoms. The maximum absolute atomic E-state index is 12.8. The monoisotopic (exact) mass is 252 g/mol. The Morgan fingerprint density at radius 1 is 1.44 bits per heavy atom. The van der Waals surface area contributed by atoms with Crippen molar-refractivity contribution in [3.63, 3.8) is 0 Å². The highest BCUT2D eigenvalue weighted by Gasteiger charge is 2.27. The van der Waals surface area contributed by atoms with E-state index in [9.17, 15) is 14.0 Å². The van der Waals surface area contributed by atoms with Crippen LogP contribution < -0.4 is 10.2 Å². The third kappa shape index (κ3) is 2.84. The van der Waals surface area contributed by atoms with Crippen molar-refractivity contribution in [2.45, 2.75) is 12.5 Å². The van der Waals surface area contributed by atoms with E-state index in [0.717, 1.165) is 0 Å². The molecule has 1 fully saturated rings. The van der Waals surface area contributed by atoms with Gasteiger partial charge in [-0.3, -0.25) is 9.59 Å². The lowest BCUT2D eigenvalue weighted by atomic mass is 10.1. The van der Waals surface area contributed by atoms with Crippen molar-refractivity contribution in [1.29, 1.82) is 0 Å². The first kappa shape index (κ1) is 12.5. The Bertz CT molecular complexity index is 461. The molecule has 6 heteroatoms. The molecular weight excluding hydrogens is 239 g/mol. The first-order valence-corrected chi connectivity index (χ1v) is 5.57. The van der Waals surface area contributed by atoms with Crippen LogP contribution in [0.4, 0.5) is 10.1 Å². The Morgan fingerprint density at radius 2 is 2.11 bits per heavy atom. The van der Waals surface area contributed by atoms with Crippen LogP contribution in [-0.4, -0.2) is 36.1 Å². The van der Waals surface area contributed by atoms with E-state index in [1.807, 2.05) is 0 Å². The molecule has 1 aliphatic rings. The number of nitrogens with one attached hydrogen (secondary N) is 1. The summed E-state index contributed by atoms with van der Waals surface area (Å²) in [4.78, 5) is 23.9. The number of hydrogen-bond donors (Lipinski definition) is 2. The largest absolute Gasteiger partial charge is 0.481 e. The summed E-state index contributed by atoms with van der Waals surface area (Å²) in [5.74, 6) is -1.44. The zero-order valence-electron chi connectivity index (χ0n) is 9.60. The molecule has 1 aliphatic heterocycles. The van der Waals surface area contributed by atoms with Crippen molar-refractivity contribution >= 4 is 17.6 Å². The number of carbonyl (C=O) groups is 2. The van der Waals surface area contributed by atoms with E-state index in [1.165, 1.54) is 29.2 Å². The van der Waals surface area contributed by atoms with Gasteiger partial charge in [-0.1, -0.05) is 0 Å². The Morgan fingerprint density at radius 3 is 2.72 bits per heavy atom. The van der Waals surface area contributed by atoms with Gasteiger partial charge in [0, 0.05) is 18.3 Å². The summed E-state index contributed by atoms with van der Waals surface area (Å²) in [5.41, 5.74) is 0.582. The van der Waals surface area contributed by atoms with E-state index in [4.69, 9.17) is 5.11 Å². The van der Waals surface area contributed by atoms with Gasteiger partial charge in [0.2, 0.25) is 5.91 Å². The second-order valence-corrected chi connectivity index (χ2v) is 4.16. The predicted molar refractivity (Wildman–Crippen MR) is 62.8 cm³/mol. The molecule has 1 saturated heterocycles. The number of aliphatic carboxylic acids is 1. The summed E-state index contributed by atoms with van der Waals surface area (Å²) in [6.45, 7) is 0.367. The molecule has 0 aromatic heterocycles. The van der Waals surface area contributed by atoms with Gasteiger partial charge >= 0.3 is 5.97 Å². The van der Waals surface area contributed by atoms with Gasteiger partial charge in [0.25, 0.3) is 0 Å². The van der Waals surface area contributed by atoms with Crippen LogP contribution in [0.3, 0.4) is 0 Å². The Hall–Kier alpha value is -1.95. The molecule has 18 heavy (non-hydrogen) atoms. The zero-order valence-corrected chi connectivity index (χ0v) is 9.60. The molecule has 0 radical (unpaired) electrons. The molecule has 0 saturated carbocycles. The first-order valence-electron chi connectivity index (χ1n) is 5.57. The van der Waals surface area contributed by atoms with Crippen molar-refractivity contribution in [3.8, 4) is 0 Å². The van der Waals surface area contributed by atoms with Crippen LogP contribution in [0.5, 0.6) is 0 Å². The molecule has 1 atom stereocenters. The highest BCUT2D eigenvalue weighted by molar-refractivity contribution is 5.95. The average molecular weight is 252 g/mol. The molecule has 1 unspecified atom stereocenters. The minimum atomic E-state index is -0.916. The lowest BCUT2D eigenvalue weighted by Gasteiger charge is -2.32. The molecule has 0 bridgehead atoms. The fourth-order valence-electron chi connectivity index (χ4n) is 1.93. The second-order valence-electron chi connectivity index (χ2n) is 4.16. The molecule has 1 amide bonds. The number of nitrogens with zero attached hydrogens (tertiary/aromatic N) is 1. The topological polar surface area (TPSA) is 69.6 Å². The number of benzene rings is 1. The van der Waals surface area contributed by atoms with Gasteiger partial charge in [0.1, 0.15) is 5.82 Å². The molecule has 5 nitrogen and oxygen atoms in total. The standard InChI is InChI=1S/C12H13FN2O3/c13-8-1-3-10(4-2-8)15-7-9(5-12(17)18)14-6-11(15)16/h1-4,9,14H,5-7H2,(H,17,18). The number of hydrogen-bond acceptors (Lipinski definition) is 3. The number of anilines is 1. The average Bonchev–Trinajstić information content (AvgIpc) is 2.32. The number of rotatable bonds is 3. The maximum atomic E-state index is 12.8. The van der Waals surface area contributed by atoms with Gasteiger partial charge in [0.05, 0.1) is 13.0 Å². The maximum Gasteiger partial charge on any atom is 0.304 e. The van der Waals surface area contributed by atoms with E-state index in [2.05, 4.69) is 5.32 Å². The summed E-state index contributed by atoms with van der Waals surface area (Å²) in [6, 6.07) is 5.28. The Kier molecular flexibility index (Phi) is 3.57. The molecule has 0 aliphatic carbocycles. The number of amides is 1. The lowest BCUT2D eigenvalue weighted by Crippen LogP contribution is -2.54. The van der Waals surface area contributed by atoms with Gasteiger partial charge in [-0.05, 0) is 24.3 Å². The molecular formula is C12H13FN2O3. The van der Waals surface area contributed by atoms with E-state index in [-0.39, 0.29) is 37.3 Å². The Labute approximate surface area is 103 Å². The van der Waals surface area contributed by atoms with E-state index in [0.29, 0.717) is 5.69 Å². The van der Waals surface area contributed by atoms with Crippen LogP contribution in [0.2, 0.25) is 0 Å². The molecule has 1 aromatic rings. The minimum absolute atomic E-state index is 0.0506. The fourth-order valence-corrected chi connectivity index (χ4v) is 1.93. The molecule has 1 aromatic carbocycles. The van der Waals surface area contributed by atoms with Crippen LogP contribution in [0.1, 0.15) is 6.42 Å². The summed E-state index contributed by atoms with van der Waals surface area (Å²) in [5, 5.41) is 11.6. The van der Waals surface area contributed by atoms with Crippen molar-refractivity contribution < 1.29 is 19.1 Å². The normalized spacial score (nSPS) is 19.9. The van der Waals surface area contributed by atoms with Crippen LogP contribution in [0, 0.1) is 5.82 Å². The summed E-state index contributed by atoms with van der Waals surface area (Å²) >= 11 is 0. The number of carbonyl (C=O) groups excluding carboxylic acids is 1. The van der Waals surface area contributed by atoms with Crippen molar-refractivity contribution in [1.82, 2.24) is 5.32 Å². The third-order valence-corrected chi connectivity index (χ3v) is 2.81. The van der Waals surface area contributed by atoms with Crippen LogP contribution in [-0.2, 0) is 9.59 Å². The summed E-state index contributed by atoms with van der Waals surface area (Å²) in [6.07, 6.45) is -0.0506. The highest BCUT2D eigenvalue weighted by atomic mass is 19.1. The van der Waals surface area contributed by atoms with Crippen LogP contribution >= 0.6 is 0 Å². The van der Waals surface area contributed by atoms with Gasteiger partial charge in [0.15, 0.2) is 0 Å². The van der Waals surface area contributed by atoms with Crippen molar-refractivity contribution in [2.75, 3.05) is 18.0 Å². The summed E-state index contributed by atoms with van der Waals surface area (Å²) < 4.78 is 12.8. The van der Waals surface area contributed by atoms with Crippen molar-refractivity contribution in [3.05, 3.63) is 30.1 Å². The smallest absolute Gasteiger partial charge is 0.304 e. The number of carboxylic acids is 1. The van der Waals surface area contributed by atoms with Crippen LogP contribution in [0.25, 0.3) is 0 Å². The molecule has 96 valence electrons. The number of piperazine rings is 1. The summed E-state index contributed by atoms with van der Waals surface area (Å²) in [7, 11) is 0.